The van der Waals surface area contributed by atoms with Gasteiger partial charge in [0.15, 0.2) is 5.38 Å². The average Bonchev–Trinajstić information content (AvgIpc) is 3.03. The second kappa shape index (κ2) is 8.03. The SMILES string of the molecule is CC(C)[s+]1ccnc1NC(=O)[C@H](C)c1ccc(NC(=O)CO)cc1. The van der Waals surface area contributed by atoms with E-state index in [0.29, 0.717) is 16.1 Å². The molecule has 0 fully saturated rings. The number of benzene rings is 1. The number of hydrogen-bond donors (Lipinski definition) is 3. The summed E-state index contributed by atoms with van der Waals surface area (Å²) in [6.07, 6.45) is 1.74. The quantitative estimate of drug-likeness (QED) is 0.700. The van der Waals surface area contributed by atoms with Gasteiger partial charge in [-0.3, -0.25) is 14.9 Å². The van der Waals surface area contributed by atoms with Gasteiger partial charge >= 0.3 is 5.13 Å². The molecule has 6 nitrogen and oxygen atoms in total. The van der Waals surface area contributed by atoms with Crippen LogP contribution in [0.15, 0.2) is 35.8 Å². The van der Waals surface area contributed by atoms with Crippen LogP contribution >= 0.6 is 10.5 Å². The van der Waals surface area contributed by atoms with Crippen LogP contribution in [0.25, 0.3) is 0 Å². The summed E-state index contributed by atoms with van der Waals surface area (Å²) in [5.74, 6) is -0.919. The van der Waals surface area contributed by atoms with Crippen molar-refractivity contribution in [2.24, 2.45) is 0 Å². The zero-order valence-electron chi connectivity index (χ0n) is 13.9. The van der Waals surface area contributed by atoms with Crippen LogP contribution in [0.1, 0.15) is 37.5 Å². The molecule has 3 N–H and O–H groups in total. The highest BCUT2D eigenvalue weighted by Gasteiger charge is 2.24. The predicted octanol–water partition coefficient (Wildman–Crippen LogP) is 3.08. The number of aliphatic hydroxyl groups is 1. The minimum absolute atomic E-state index is 0.109. The third-order valence-electron chi connectivity index (χ3n) is 3.59. The monoisotopic (exact) mass is 348 g/mol. The Hall–Kier alpha value is -2.25. The van der Waals surface area contributed by atoms with Gasteiger partial charge in [-0.25, -0.2) is 0 Å². The number of amides is 2. The molecule has 0 aliphatic rings. The van der Waals surface area contributed by atoms with Crippen LogP contribution in [0.3, 0.4) is 0 Å². The number of carbonyl (C=O) groups excluding carboxylic acids is 2. The summed E-state index contributed by atoms with van der Waals surface area (Å²) >= 11 is 0. The van der Waals surface area contributed by atoms with Gasteiger partial charge in [0.1, 0.15) is 11.9 Å². The van der Waals surface area contributed by atoms with E-state index in [1.54, 1.807) is 30.5 Å². The van der Waals surface area contributed by atoms with Crippen molar-refractivity contribution in [3.8, 4) is 0 Å². The standard InChI is InChI=1S/C17H21N3O3S/c1-11(2)24-9-8-18-17(24)20-16(23)12(3)13-4-6-14(7-5-13)19-15(22)10-21/h4-9,11-12,21H,10H2,1-3H3,(H-,18,19,20,22,23)/p+1/t12-,24?/m1/s1. The molecule has 1 heterocycles. The Morgan fingerprint density at radius 2 is 1.83 bits per heavy atom. The molecule has 2 rings (SSSR count). The first-order chi connectivity index (χ1) is 11.4. The van der Waals surface area contributed by atoms with E-state index in [1.807, 2.05) is 12.3 Å². The Labute approximate surface area is 143 Å². The lowest BCUT2D eigenvalue weighted by molar-refractivity contribution is -0.119. The summed E-state index contributed by atoms with van der Waals surface area (Å²) in [7, 11) is -0.155. The van der Waals surface area contributed by atoms with Crippen LogP contribution in [-0.4, -0.2) is 28.5 Å². The van der Waals surface area contributed by atoms with Crippen molar-refractivity contribution in [2.75, 3.05) is 17.2 Å². The molecule has 2 aromatic rings. The topological polar surface area (TPSA) is 91.3 Å². The summed E-state index contributed by atoms with van der Waals surface area (Å²) in [6.45, 7) is 5.47. The highest BCUT2D eigenvalue weighted by Crippen LogP contribution is 2.37. The lowest BCUT2D eigenvalue weighted by Crippen LogP contribution is -2.19. The smallest absolute Gasteiger partial charge is 0.346 e. The van der Waals surface area contributed by atoms with Gasteiger partial charge in [-0.1, -0.05) is 12.1 Å². The summed E-state index contributed by atoms with van der Waals surface area (Å²) in [5, 5.41) is 17.3. The van der Waals surface area contributed by atoms with Crippen LogP contribution in [0.5, 0.6) is 0 Å². The van der Waals surface area contributed by atoms with Crippen molar-refractivity contribution in [1.82, 2.24) is 4.98 Å². The maximum absolute atomic E-state index is 12.5. The van der Waals surface area contributed by atoms with E-state index in [9.17, 15) is 9.59 Å². The summed E-state index contributed by atoms with van der Waals surface area (Å²) in [5.41, 5.74) is 1.42. The van der Waals surface area contributed by atoms with E-state index in [2.05, 4.69) is 29.5 Å². The minimum Gasteiger partial charge on any atom is -0.387 e. The number of hydrogen-bond acceptors (Lipinski definition) is 4. The Balaban J connectivity index is 2.05. The van der Waals surface area contributed by atoms with E-state index in [4.69, 9.17) is 5.11 Å². The fourth-order valence-electron chi connectivity index (χ4n) is 2.18. The number of aromatic nitrogens is 1. The largest absolute Gasteiger partial charge is 0.387 e. The van der Waals surface area contributed by atoms with Crippen molar-refractivity contribution < 1.29 is 14.7 Å². The third kappa shape index (κ3) is 4.39. The van der Waals surface area contributed by atoms with Crippen LogP contribution in [0.4, 0.5) is 10.8 Å². The molecule has 2 amide bonds. The molecule has 0 radical (unpaired) electrons. The van der Waals surface area contributed by atoms with Crippen LogP contribution in [0, 0.1) is 0 Å². The second-order valence-electron chi connectivity index (χ2n) is 5.68. The molecular formula is C17H22N3O3S+. The van der Waals surface area contributed by atoms with Crippen molar-refractivity contribution in [3.63, 3.8) is 0 Å². The first kappa shape index (κ1) is 18.1. The van der Waals surface area contributed by atoms with E-state index < -0.39 is 12.5 Å². The molecular weight excluding hydrogens is 326 g/mol. The van der Waals surface area contributed by atoms with E-state index in [1.165, 1.54) is 0 Å². The number of thiazole rings is 1. The molecule has 0 spiro atoms. The van der Waals surface area contributed by atoms with Crippen molar-refractivity contribution in [2.45, 2.75) is 31.9 Å². The molecule has 1 aromatic carbocycles. The number of nitrogens with one attached hydrogen (secondary N) is 2. The van der Waals surface area contributed by atoms with Crippen molar-refractivity contribution in [3.05, 3.63) is 41.4 Å². The van der Waals surface area contributed by atoms with Crippen molar-refractivity contribution in [1.29, 1.82) is 0 Å². The highest BCUT2D eigenvalue weighted by molar-refractivity contribution is 7.33. The van der Waals surface area contributed by atoms with Crippen molar-refractivity contribution >= 4 is 33.1 Å². The molecule has 0 aliphatic heterocycles. The van der Waals surface area contributed by atoms with Gasteiger partial charge in [0.2, 0.25) is 11.8 Å². The fraction of sp³-hybridized carbons (Fsp3) is 0.353. The fourth-order valence-corrected chi connectivity index (χ4v) is 3.66. The number of carbonyl (C=O) groups is 2. The maximum Gasteiger partial charge on any atom is 0.346 e. The Kier molecular flexibility index (Phi) is 6.05. The average molecular weight is 348 g/mol. The Morgan fingerprint density at radius 1 is 1.17 bits per heavy atom. The number of aliphatic hydroxyl groups excluding tert-OH is 1. The molecule has 24 heavy (non-hydrogen) atoms. The maximum atomic E-state index is 12.5. The van der Waals surface area contributed by atoms with E-state index >= 15 is 0 Å². The van der Waals surface area contributed by atoms with Crippen LogP contribution < -0.4 is 10.6 Å². The van der Waals surface area contributed by atoms with Gasteiger partial charge in [-0.15, -0.1) is 0 Å². The molecule has 1 aromatic heterocycles. The van der Waals surface area contributed by atoms with Gasteiger partial charge in [-0.2, -0.15) is 4.98 Å². The minimum atomic E-state index is -0.561. The molecule has 2 atom stereocenters. The first-order valence-corrected chi connectivity index (χ1v) is 9.05. The lowest BCUT2D eigenvalue weighted by atomic mass is 10.0. The molecule has 1 unspecified atom stereocenters. The summed E-state index contributed by atoms with van der Waals surface area (Å²) < 4.78 is 0. The van der Waals surface area contributed by atoms with Crippen LogP contribution in [-0.2, 0) is 9.59 Å². The second-order valence-corrected chi connectivity index (χ2v) is 8.02. The molecule has 7 heteroatoms. The molecule has 0 aliphatic carbocycles. The van der Waals surface area contributed by atoms with Gasteiger partial charge in [0, 0.05) is 16.2 Å². The number of anilines is 2. The normalized spacial score (nSPS) is 12.8. The van der Waals surface area contributed by atoms with E-state index in [-0.39, 0.29) is 22.3 Å². The van der Waals surface area contributed by atoms with Gasteiger partial charge in [0.05, 0.1) is 12.1 Å². The van der Waals surface area contributed by atoms with Gasteiger partial charge < -0.3 is 10.4 Å². The summed E-state index contributed by atoms with van der Waals surface area (Å²) in [6, 6.07) is 6.99. The number of rotatable bonds is 6. The molecule has 0 saturated heterocycles. The third-order valence-corrected chi connectivity index (χ3v) is 5.68. The lowest BCUT2D eigenvalue weighted by Gasteiger charge is -2.11. The first-order valence-electron chi connectivity index (χ1n) is 7.70. The number of nitrogens with zero attached hydrogens (tertiary/aromatic N) is 1. The van der Waals surface area contributed by atoms with Gasteiger partial charge in [0.25, 0.3) is 0 Å². The van der Waals surface area contributed by atoms with E-state index in [0.717, 1.165) is 5.56 Å². The molecule has 0 bridgehead atoms. The zero-order chi connectivity index (χ0) is 17.7. The highest BCUT2D eigenvalue weighted by atomic mass is 32.2. The Bertz CT molecular complexity index is 710. The Morgan fingerprint density at radius 3 is 2.42 bits per heavy atom. The zero-order valence-corrected chi connectivity index (χ0v) is 14.8. The summed E-state index contributed by atoms with van der Waals surface area (Å²) in [4.78, 5) is 27.9. The van der Waals surface area contributed by atoms with Crippen LogP contribution in [0.2, 0.25) is 0 Å². The van der Waals surface area contributed by atoms with Gasteiger partial charge in [-0.05, 0) is 38.5 Å². The molecule has 128 valence electrons. The predicted molar refractivity (Wildman–Crippen MR) is 96.3 cm³/mol. The molecule has 0 saturated carbocycles.